The quantitative estimate of drug-likeness (QED) is 0.407. The van der Waals surface area contributed by atoms with Gasteiger partial charge in [-0.2, -0.15) is 13.2 Å². The van der Waals surface area contributed by atoms with Crippen molar-refractivity contribution < 1.29 is 23.1 Å². The molecule has 1 aromatic carbocycles. The van der Waals surface area contributed by atoms with Crippen LogP contribution in [0.5, 0.6) is 0 Å². The molecule has 1 rings (SSSR count). The summed E-state index contributed by atoms with van der Waals surface area (Å²) in [5, 5.41) is 7.12. The molecular formula is C10H11F3IN3O2. The van der Waals surface area contributed by atoms with Crippen molar-refractivity contribution >= 4 is 34.5 Å². The summed E-state index contributed by atoms with van der Waals surface area (Å²) in [5.74, 6) is -2.62. The van der Waals surface area contributed by atoms with Crippen LogP contribution in [0, 0.1) is 3.57 Å². The van der Waals surface area contributed by atoms with Crippen LogP contribution < -0.4 is 11.5 Å². The maximum absolute atomic E-state index is 10.6. The van der Waals surface area contributed by atoms with E-state index in [2.05, 4.69) is 27.6 Å². The number of carbonyl (C=O) groups is 1. The van der Waals surface area contributed by atoms with E-state index < -0.39 is 12.1 Å². The van der Waals surface area contributed by atoms with Gasteiger partial charge in [0.1, 0.15) is 0 Å². The second kappa shape index (κ2) is 7.81. The first-order chi connectivity index (χ1) is 8.62. The van der Waals surface area contributed by atoms with Gasteiger partial charge in [0.15, 0.2) is 5.96 Å². The van der Waals surface area contributed by atoms with Gasteiger partial charge in [-0.15, -0.1) is 0 Å². The molecule has 0 spiro atoms. The molecular weight excluding hydrogens is 378 g/mol. The molecule has 106 valence electrons. The van der Waals surface area contributed by atoms with Crippen LogP contribution in [-0.2, 0) is 11.3 Å². The van der Waals surface area contributed by atoms with Crippen LogP contribution in [0.15, 0.2) is 29.3 Å². The molecule has 0 bridgehead atoms. The Bertz CT molecular complexity index is 460. The Labute approximate surface area is 120 Å². The van der Waals surface area contributed by atoms with Gasteiger partial charge in [0.2, 0.25) is 0 Å². The fourth-order valence-corrected chi connectivity index (χ4v) is 1.43. The summed E-state index contributed by atoms with van der Waals surface area (Å²) < 4.78 is 32.9. The molecule has 9 heteroatoms. The molecule has 5 N–H and O–H groups in total. The fourth-order valence-electron chi connectivity index (χ4n) is 0.818. The highest BCUT2D eigenvalue weighted by atomic mass is 127. The van der Waals surface area contributed by atoms with Gasteiger partial charge in [-0.3, -0.25) is 0 Å². The van der Waals surface area contributed by atoms with Gasteiger partial charge in [-0.1, -0.05) is 12.1 Å². The second-order valence-electron chi connectivity index (χ2n) is 3.17. The second-order valence-corrected chi connectivity index (χ2v) is 4.42. The van der Waals surface area contributed by atoms with Crippen LogP contribution >= 0.6 is 22.6 Å². The van der Waals surface area contributed by atoms with Crippen molar-refractivity contribution in [1.82, 2.24) is 0 Å². The molecule has 0 unspecified atom stereocenters. The van der Waals surface area contributed by atoms with E-state index in [-0.39, 0.29) is 5.96 Å². The van der Waals surface area contributed by atoms with Gasteiger partial charge < -0.3 is 16.6 Å². The van der Waals surface area contributed by atoms with Crippen LogP contribution in [0.3, 0.4) is 0 Å². The SMILES string of the molecule is NC(N)=NCc1cccc(I)c1.O=C(O)C(F)(F)F. The Hall–Kier alpha value is -1.52. The summed E-state index contributed by atoms with van der Waals surface area (Å²) in [4.78, 5) is 12.8. The van der Waals surface area contributed by atoms with Crippen LogP contribution in [0.4, 0.5) is 13.2 Å². The maximum Gasteiger partial charge on any atom is 0.490 e. The first kappa shape index (κ1) is 17.5. The summed E-state index contributed by atoms with van der Waals surface area (Å²) >= 11 is 2.25. The van der Waals surface area contributed by atoms with Crippen molar-refractivity contribution in [3.63, 3.8) is 0 Å². The largest absolute Gasteiger partial charge is 0.490 e. The fraction of sp³-hybridized carbons (Fsp3) is 0.200. The molecule has 1 aromatic rings. The zero-order valence-electron chi connectivity index (χ0n) is 9.49. The molecule has 0 saturated carbocycles. The number of alkyl halides is 3. The number of rotatable bonds is 2. The minimum atomic E-state index is -5.08. The van der Waals surface area contributed by atoms with E-state index >= 15 is 0 Å². The number of nitrogens with zero attached hydrogens (tertiary/aromatic N) is 1. The number of hydrogen-bond acceptors (Lipinski definition) is 2. The lowest BCUT2D eigenvalue weighted by Crippen LogP contribution is -2.22. The molecule has 0 saturated heterocycles. The predicted octanol–water partition coefficient (Wildman–Crippen LogP) is 1.70. The van der Waals surface area contributed by atoms with Gasteiger partial charge in [0, 0.05) is 3.57 Å². The number of benzene rings is 1. The molecule has 0 atom stereocenters. The van der Waals surface area contributed by atoms with Crippen LogP contribution in [0.25, 0.3) is 0 Å². The van der Waals surface area contributed by atoms with Gasteiger partial charge in [0.05, 0.1) is 6.54 Å². The van der Waals surface area contributed by atoms with Crippen molar-refractivity contribution in [3.8, 4) is 0 Å². The zero-order chi connectivity index (χ0) is 15.1. The van der Waals surface area contributed by atoms with E-state index in [0.717, 1.165) is 5.56 Å². The molecule has 5 nitrogen and oxygen atoms in total. The van der Waals surface area contributed by atoms with Crippen molar-refractivity contribution in [3.05, 3.63) is 33.4 Å². The van der Waals surface area contributed by atoms with Crippen molar-refractivity contribution in [2.45, 2.75) is 12.7 Å². The lowest BCUT2D eigenvalue weighted by Gasteiger charge is -1.97. The van der Waals surface area contributed by atoms with Crippen LogP contribution in [0.2, 0.25) is 0 Å². The molecule has 0 amide bonds. The van der Waals surface area contributed by atoms with E-state index in [1.807, 2.05) is 24.3 Å². The summed E-state index contributed by atoms with van der Waals surface area (Å²) in [6, 6.07) is 8.06. The van der Waals surface area contributed by atoms with Gasteiger partial charge in [-0.05, 0) is 40.3 Å². The summed E-state index contributed by atoms with van der Waals surface area (Å²) in [5.41, 5.74) is 11.5. The number of aliphatic imine (C=N–C) groups is 1. The third-order valence-corrected chi connectivity index (χ3v) is 2.25. The van der Waals surface area contributed by atoms with E-state index in [1.165, 1.54) is 3.57 Å². The molecule has 0 aliphatic carbocycles. The summed E-state index contributed by atoms with van der Waals surface area (Å²) in [6.07, 6.45) is -5.08. The Balaban J connectivity index is 0.000000399. The highest BCUT2D eigenvalue weighted by molar-refractivity contribution is 14.1. The minimum Gasteiger partial charge on any atom is -0.475 e. The molecule has 0 fully saturated rings. The lowest BCUT2D eigenvalue weighted by atomic mass is 10.2. The van der Waals surface area contributed by atoms with E-state index in [9.17, 15) is 13.2 Å². The zero-order valence-corrected chi connectivity index (χ0v) is 11.6. The maximum atomic E-state index is 10.6. The average molecular weight is 389 g/mol. The topological polar surface area (TPSA) is 102 Å². The monoisotopic (exact) mass is 389 g/mol. The predicted molar refractivity (Wildman–Crippen MR) is 72.4 cm³/mol. The highest BCUT2D eigenvalue weighted by Crippen LogP contribution is 2.13. The van der Waals surface area contributed by atoms with Crippen molar-refractivity contribution in [1.29, 1.82) is 0 Å². The Kier molecular flexibility index (Phi) is 7.19. The summed E-state index contributed by atoms with van der Waals surface area (Å²) in [7, 11) is 0. The van der Waals surface area contributed by atoms with E-state index in [4.69, 9.17) is 21.4 Å². The Morgan fingerprint density at radius 1 is 1.37 bits per heavy atom. The Morgan fingerprint density at radius 3 is 2.26 bits per heavy atom. The van der Waals surface area contributed by atoms with Gasteiger partial charge >= 0.3 is 12.1 Å². The number of guanidine groups is 1. The first-order valence-electron chi connectivity index (χ1n) is 4.73. The molecule has 19 heavy (non-hydrogen) atoms. The molecule has 0 heterocycles. The standard InChI is InChI=1S/C8H10IN3.C2HF3O2/c9-7-3-1-2-6(4-7)5-12-8(10)11;3-2(4,5)1(6)7/h1-4H,5H2,(H4,10,11,12);(H,6,7). The van der Waals surface area contributed by atoms with Gasteiger partial charge in [0.25, 0.3) is 0 Å². The number of nitrogens with two attached hydrogens (primary N) is 2. The smallest absolute Gasteiger partial charge is 0.475 e. The van der Waals surface area contributed by atoms with Crippen molar-refractivity contribution in [2.75, 3.05) is 0 Å². The van der Waals surface area contributed by atoms with Crippen molar-refractivity contribution in [2.24, 2.45) is 16.5 Å². The minimum absolute atomic E-state index is 0.133. The number of carboxylic acids is 1. The third-order valence-electron chi connectivity index (χ3n) is 1.58. The van der Waals surface area contributed by atoms with Crippen LogP contribution in [-0.4, -0.2) is 23.2 Å². The number of hydrogen-bond donors (Lipinski definition) is 3. The molecule has 0 aliphatic rings. The summed E-state index contributed by atoms with van der Waals surface area (Å²) in [6.45, 7) is 0.555. The number of aliphatic carboxylic acids is 1. The number of carboxylic acid groups (broad SMARTS) is 1. The third kappa shape index (κ3) is 9.11. The van der Waals surface area contributed by atoms with E-state index in [0.29, 0.717) is 6.54 Å². The van der Waals surface area contributed by atoms with Crippen LogP contribution in [0.1, 0.15) is 5.56 Å². The first-order valence-corrected chi connectivity index (χ1v) is 5.80. The molecule has 0 aliphatic heterocycles. The normalized spacial score (nSPS) is 10.1. The molecule has 0 aromatic heterocycles. The average Bonchev–Trinajstić information content (AvgIpc) is 2.26. The van der Waals surface area contributed by atoms with Gasteiger partial charge in [-0.25, -0.2) is 9.79 Å². The highest BCUT2D eigenvalue weighted by Gasteiger charge is 2.38. The number of halogens is 4. The Morgan fingerprint density at radius 2 is 1.89 bits per heavy atom. The molecule has 0 radical (unpaired) electrons. The van der Waals surface area contributed by atoms with E-state index in [1.54, 1.807) is 0 Å². The lowest BCUT2D eigenvalue weighted by molar-refractivity contribution is -0.192.